The van der Waals surface area contributed by atoms with E-state index in [9.17, 15) is 4.79 Å². The monoisotopic (exact) mass is 327 g/mol. The number of thioether (sulfide) groups is 1. The number of hydrogen-bond acceptors (Lipinski definition) is 4. The maximum Gasteiger partial charge on any atom is 0.284 e. The number of rotatable bonds is 3. The summed E-state index contributed by atoms with van der Waals surface area (Å²) in [5, 5.41) is 7.43. The second kappa shape index (κ2) is 6.30. The van der Waals surface area contributed by atoms with Gasteiger partial charge in [0.1, 0.15) is 11.0 Å². The molecule has 1 aromatic rings. The molecule has 0 amide bonds. The molecule has 18 heavy (non-hydrogen) atoms. The molecule has 0 unspecified atom stereocenters. The molecule has 2 rings (SSSR count). The van der Waals surface area contributed by atoms with E-state index >= 15 is 0 Å². The predicted octanol–water partition coefficient (Wildman–Crippen LogP) is 1.95. The largest absolute Gasteiger partial charge is 0.380 e. The summed E-state index contributed by atoms with van der Waals surface area (Å²) in [6, 6.07) is 0.423. The first-order valence-electron chi connectivity index (χ1n) is 5.75. The molecule has 1 aliphatic rings. The number of halogens is 1. The van der Waals surface area contributed by atoms with Gasteiger partial charge in [0.15, 0.2) is 0 Å². The molecule has 0 saturated carbocycles. The molecule has 0 atom stereocenters. The van der Waals surface area contributed by atoms with Crippen molar-refractivity contribution in [2.45, 2.75) is 25.4 Å². The Kier molecular flexibility index (Phi) is 4.72. The van der Waals surface area contributed by atoms with Gasteiger partial charge < -0.3 is 5.32 Å². The van der Waals surface area contributed by atoms with Gasteiger partial charge >= 0.3 is 0 Å². The second-order valence-electron chi connectivity index (χ2n) is 4.07. The molecule has 0 aromatic carbocycles. The van der Waals surface area contributed by atoms with Crippen LogP contribution in [0.1, 0.15) is 12.8 Å². The lowest BCUT2D eigenvalue weighted by atomic mass is 10.1. The topological polar surface area (TPSA) is 46.9 Å². The number of nitrogens with one attached hydrogen (secondary N) is 1. The number of aromatic nitrogens is 2. The summed E-state index contributed by atoms with van der Waals surface area (Å²) >= 11 is 5.29. The lowest BCUT2D eigenvalue weighted by molar-refractivity contribution is 0.644. The first kappa shape index (κ1) is 13.5. The van der Waals surface area contributed by atoms with Crippen molar-refractivity contribution < 1.29 is 0 Å². The van der Waals surface area contributed by atoms with Crippen LogP contribution in [0.2, 0.25) is 0 Å². The van der Waals surface area contributed by atoms with Gasteiger partial charge in [-0.2, -0.15) is 16.9 Å². The average molecular weight is 328 g/mol. The highest BCUT2D eigenvalue weighted by atomic mass is 79.9. The lowest BCUT2D eigenvalue weighted by Gasteiger charge is -2.23. The summed E-state index contributed by atoms with van der Waals surface area (Å²) in [6.45, 7) is 0.192. The Hall–Kier alpha value is -0.930. The van der Waals surface area contributed by atoms with E-state index in [1.807, 2.05) is 11.8 Å². The molecule has 6 heteroatoms. The summed E-state index contributed by atoms with van der Waals surface area (Å²) in [5.41, 5.74) is 0.563. The van der Waals surface area contributed by atoms with Gasteiger partial charge in [0, 0.05) is 6.04 Å². The third-order valence-electron chi connectivity index (χ3n) is 2.81. The molecule has 1 aromatic heterocycles. The lowest BCUT2D eigenvalue weighted by Crippen LogP contribution is -2.28. The maximum atomic E-state index is 11.9. The van der Waals surface area contributed by atoms with E-state index in [1.54, 1.807) is 6.20 Å². The van der Waals surface area contributed by atoms with Crippen molar-refractivity contribution in [3.05, 3.63) is 21.0 Å². The standard InChI is InChI=1S/C12H14BrN3OS/c1-2-5-16-12(17)11(13)10(8-14-16)15-9-3-6-18-7-4-9/h1,8-9,15H,3-7H2. The highest BCUT2D eigenvalue weighted by Gasteiger charge is 2.16. The minimum atomic E-state index is -0.192. The van der Waals surface area contributed by atoms with Crippen LogP contribution in [0.3, 0.4) is 0 Å². The van der Waals surface area contributed by atoms with Crippen molar-refractivity contribution in [2.24, 2.45) is 0 Å². The van der Waals surface area contributed by atoms with Crippen LogP contribution in [0.5, 0.6) is 0 Å². The second-order valence-corrected chi connectivity index (χ2v) is 6.09. The van der Waals surface area contributed by atoms with Crippen molar-refractivity contribution in [1.29, 1.82) is 0 Å². The minimum absolute atomic E-state index is 0.192. The van der Waals surface area contributed by atoms with E-state index in [1.165, 1.54) is 4.68 Å². The molecule has 0 bridgehead atoms. The van der Waals surface area contributed by atoms with E-state index in [0.29, 0.717) is 10.5 Å². The number of anilines is 1. The van der Waals surface area contributed by atoms with Crippen LogP contribution in [-0.4, -0.2) is 27.3 Å². The zero-order valence-corrected chi connectivity index (χ0v) is 12.3. The van der Waals surface area contributed by atoms with Crippen LogP contribution in [0.4, 0.5) is 5.69 Å². The molecular formula is C12H14BrN3OS. The summed E-state index contributed by atoms with van der Waals surface area (Å²) in [4.78, 5) is 11.9. The highest BCUT2D eigenvalue weighted by Crippen LogP contribution is 2.23. The van der Waals surface area contributed by atoms with Gasteiger partial charge in [-0.3, -0.25) is 4.79 Å². The fraction of sp³-hybridized carbons (Fsp3) is 0.500. The summed E-state index contributed by atoms with van der Waals surface area (Å²) in [5.74, 6) is 4.74. The van der Waals surface area contributed by atoms with E-state index < -0.39 is 0 Å². The van der Waals surface area contributed by atoms with Crippen LogP contribution in [0.25, 0.3) is 0 Å². The molecule has 2 heterocycles. The first-order valence-corrected chi connectivity index (χ1v) is 7.70. The Morgan fingerprint density at radius 2 is 2.33 bits per heavy atom. The van der Waals surface area contributed by atoms with Crippen LogP contribution < -0.4 is 10.9 Å². The van der Waals surface area contributed by atoms with Gasteiger partial charge in [0.05, 0.1) is 11.9 Å². The predicted molar refractivity (Wildman–Crippen MR) is 79.0 cm³/mol. The molecule has 1 saturated heterocycles. The fourth-order valence-corrected chi connectivity index (χ4v) is 3.35. The third kappa shape index (κ3) is 3.09. The number of terminal acetylenes is 1. The Labute approximate surface area is 119 Å². The van der Waals surface area contributed by atoms with Gasteiger partial charge in [-0.05, 0) is 40.3 Å². The Morgan fingerprint density at radius 3 is 3.00 bits per heavy atom. The zero-order chi connectivity index (χ0) is 13.0. The van der Waals surface area contributed by atoms with Gasteiger partial charge in [0.2, 0.25) is 0 Å². The van der Waals surface area contributed by atoms with E-state index in [0.717, 1.165) is 30.0 Å². The summed E-state index contributed by atoms with van der Waals surface area (Å²) in [6.07, 6.45) is 9.07. The SMILES string of the molecule is C#CCn1ncc(NC2CCSCC2)c(Br)c1=O. The highest BCUT2D eigenvalue weighted by molar-refractivity contribution is 9.10. The van der Waals surface area contributed by atoms with Crippen molar-refractivity contribution >= 4 is 33.4 Å². The average Bonchev–Trinajstić information content (AvgIpc) is 2.40. The normalized spacial score (nSPS) is 16.2. The molecule has 4 nitrogen and oxygen atoms in total. The van der Waals surface area contributed by atoms with Gasteiger partial charge in [0.25, 0.3) is 5.56 Å². The van der Waals surface area contributed by atoms with Crippen LogP contribution >= 0.6 is 27.7 Å². The molecule has 1 aliphatic heterocycles. The first-order chi connectivity index (χ1) is 8.72. The Morgan fingerprint density at radius 1 is 1.61 bits per heavy atom. The van der Waals surface area contributed by atoms with Crippen molar-refractivity contribution in [3.63, 3.8) is 0 Å². The Bertz CT molecular complexity index is 517. The maximum absolute atomic E-state index is 11.9. The van der Waals surface area contributed by atoms with Crippen LogP contribution in [0.15, 0.2) is 15.5 Å². The summed E-state index contributed by atoms with van der Waals surface area (Å²) < 4.78 is 1.78. The molecule has 1 N–H and O–H groups in total. The number of hydrogen-bond donors (Lipinski definition) is 1. The quantitative estimate of drug-likeness (QED) is 0.862. The van der Waals surface area contributed by atoms with E-state index in [4.69, 9.17) is 6.42 Å². The molecular weight excluding hydrogens is 314 g/mol. The third-order valence-corrected chi connectivity index (χ3v) is 4.62. The fourth-order valence-electron chi connectivity index (χ4n) is 1.83. The van der Waals surface area contributed by atoms with Crippen molar-refractivity contribution in [3.8, 4) is 12.3 Å². The van der Waals surface area contributed by atoms with Crippen molar-refractivity contribution in [2.75, 3.05) is 16.8 Å². The summed E-state index contributed by atoms with van der Waals surface area (Å²) in [7, 11) is 0. The smallest absolute Gasteiger partial charge is 0.284 e. The molecule has 96 valence electrons. The van der Waals surface area contributed by atoms with Gasteiger partial charge in [-0.1, -0.05) is 5.92 Å². The van der Waals surface area contributed by atoms with E-state index in [-0.39, 0.29) is 12.1 Å². The van der Waals surface area contributed by atoms with Crippen LogP contribution in [-0.2, 0) is 6.54 Å². The number of nitrogens with zero attached hydrogens (tertiary/aromatic N) is 2. The van der Waals surface area contributed by atoms with Gasteiger partial charge in [-0.25, -0.2) is 4.68 Å². The van der Waals surface area contributed by atoms with Crippen molar-refractivity contribution in [1.82, 2.24) is 9.78 Å². The zero-order valence-electron chi connectivity index (χ0n) is 9.86. The molecule has 0 spiro atoms. The van der Waals surface area contributed by atoms with Crippen LogP contribution in [0, 0.1) is 12.3 Å². The molecule has 0 aliphatic carbocycles. The molecule has 1 fully saturated rings. The molecule has 0 radical (unpaired) electrons. The Balaban J connectivity index is 2.16. The minimum Gasteiger partial charge on any atom is -0.380 e. The van der Waals surface area contributed by atoms with E-state index in [2.05, 4.69) is 32.3 Å². The van der Waals surface area contributed by atoms with Gasteiger partial charge in [-0.15, -0.1) is 6.42 Å².